The van der Waals surface area contributed by atoms with E-state index in [0.717, 1.165) is 19.3 Å². The van der Waals surface area contributed by atoms with Crippen molar-refractivity contribution in [2.45, 2.75) is 32.4 Å². The molecule has 0 saturated heterocycles. The third kappa shape index (κ3) is 6.13. The summed E-state index contributed by atoms with van der Waals surface area (Å²) in [5, 5.41) is 3.59. The van der Waals surface area contributed by atoms with E-state index in [9.17, 15) is 13.0 Å². The second kappa shape index (κ2) is 10.7. The van der Waals surface area contributed by atoms with Gasteiger partial charge in [-0.2, -0.15) is 0 Å². The first-order valence-corrected chi connectivity index (χ1v) is 11.1. The Hall–Kier alpha value is -2.23. The Labute approximate surface area is 179 Å². The Morgan fingerprint density at radius 1 is 1.10 bits per heavy atom. The number of nitrogens with one attached hydrogen (secondary N) is 1. The summed E-state index contributed by atoms with van der Waals surface area (Å²) >= 11 is 0. The van der Waals surface area contributed by atoms with Crippen LogP contribution in [0.5, 0.6) is 0 Å². The summed E-state index contributed by atoms with van der Waals surface area (Å²) in [7, 11) is 0.737. The largest absolute Gasteiger partial charge is 0.726 e. The molecule has 3 unspecified atom stereocenters. The molecule has 0 spiro atoms. The van der Waals surface area contributed by atoms with E-state index in [-0.39, 0.29) is 12.1 Å². The van der Waals surface area contributed by atoms with Gasteiger partial charge in [0, 0.05) is 12.6 Å². The molecule has 0 aliphatic carbocycles. The Morgan fingerprint density at radius 3 is 2.07 bits per heavy atom. The molecule has 0 aromatic heterocycles. The lowest BCUT2D eigenvalue weighted by Crippen LogP contribution is -3.11. The molecule has 2 aromatic carbocycles. The Morgan fingerprint density at radius 2 is 1.60 bits per heavy atom. The molecule has 1 heterocycles. The summed E-state index contributed by atoms with van der Waals surface area (Å²) in [5.74, 6) is 1.07. The van der Waals surface area contributed by atoms with E-state index in [1.54, 1.807) is 0 Å². The average molecular weight is 435 g/mol. The topological polar surface area (TPSA) is 83.3 Å². The molecule has 0 radical (unpaired) electrons. The van der Waals surface area contributed by atoms with Gasteiger partial charge in [-0.05, 0) is 31.0 Å². The van der Waals surface area contributed by atoms with Crippen molar-refractivity contribution in [2.24, 2.45) is 0 Å². The Balaban J connectivity index is 0.000000469. The summed E-state index contributed by atoms with van der Waals surface area (Å²) in [6.45, 7) is 4.31. The molecule has 30 heavy (non-hydrogen) atoms. The van der Waals surface area contributed by atoms with Gasteiger partial charge in [0.05, 0.1) is 20.3 Å². The highest BCUT2D eigenvalue weighted by molar-refractivity contribution is 7.80. The maximum absolute atomic E-state index is 9.22. The van der Waals surface area contributed by atoms with E-state index >= 15 is 0 Å². The van der Waals surface area contributed by atoms with Crippen molar-refractivity contribution in [2.75, 3.05) is 21.2 Å². The third-order valence-corrected chi connectivity index (χ3v) is 5.47. The predicted octanol–water partition coefficient (Wildman–Crippen LogP) is 2.38. The van der Waals surface area contributed by atoms with E-state index in [2.05, 4.69) is 97.8 Å². The first-order chi connectivity index (χ1) is 14.2. The lowest BCUT2D eigenvalue weighted by atomic mass is 10.0. The maximum atomic E-state index is 9.22. The fourth-order valence-corrected chi connectivity index (χ4v) is 3.25. The van der Waals surface area contributed by atoms with Crippen molar-refractivity contribution in [1.82, 2.24) is 5.01 Å². The van der Waals surface area contributed by atoms with Gasteiger partial charge in [0.15, 0.2) is 11.5 Å². The van der Waals surface area contributed by atoms with Crippen molar-refractivity contribution in [3.05, 3.63) is 77.5 Å². The number of hydrogen-bond acceptors (Lipinski definition) is 6. The average Bonchev–Trinajstić information content (AvgIpc) is 2.99. The normalized spacial score (nSPS) is 20.5. The van der Waals surface area contributed by atoms with Gasteiger partial charge in [0.2, 0.25) is 10.4 Å². The standard InChI is InChI=1S/C21H26N2O.CH4O4S/c1-5-16(2)24-21-19(17-12-8-6-9-13-17)22(3)23(4)20(21)18-14-10-7-11-15-18;1-5-6(2,3)4/h6-16,19H,5H2,1-4H3;1H3,(H,2,3,4). The van der Waals surface area contributed by atoms with Gasteiger partial charge in [-0.3, -0.25) is 4.18 Å². The fraction of sp³-hybridized carbons (Fsp3) is 0.364. The van der Waals surface area contributed by atoms with Crippen LogP contribution in [0.2, 0.25) is 0 Å². The van der Waals surface area contributed by atoms with E-state index in [0.29, 0.717) is 0 Å². The molecule has 1 aliphatic rings. The molecule has 3 atom stereocenters. The van der Waals surface area contributed by atoms with E-state index < -0.39 is 10.4 Å². The molecule has 0 saturated carbocycles. The zero-order chi connectivity index (χ0) is 22.3. The molecular formula is C22H30N2O5S. The molecule has 7 nitrogen and oxygen atoms in total. The molecule has 164 valence electrons. The minimum atomic E-state index is -4.41. The lowest BCUT2D eigenvalue weighted by molar-refractivity contribution is -0.928. The second-order valence-electron chi connectivity index (χ2n) is 7.03. The molecule has 1 N–H and O–H groups in total. The first kappa shape index (κ1) is 24.0. The van der Waals surface area contributed by atoms with Crippen LogP contribution in [-0.4, -0.2) is 45.3 Å². The van der Waals surface area contributed by atoms with Crippen LogP contribution in [0.1, 0.15) is 37.4 Å². The van der Waals surface area contributed by atoms with Gasteiger partial charge in [-0.25, -0.2) is 13.4 Å². The Kier molecular flexibility index (Phi) is 8.57. The number of quaternary nitrogens is 1. The monoisotopic (exact) mass is 434 g/mol. The predicted molar refractivity (Wildman–Crippen MR) is 115 cm³/mol. The van der Waals surface area contributed by atoms with Crippen LogP contribution in [0.4, 0.5) is 0 Å². The minimum Gasteiger partial charge on any atom is -0.726 e. The van der Waals surface area contributed by atoms with Crippen LogP contribution in [0.15, 0.2) is 66.4 Å². The van der Waals surface area contributed by atoms with Gasteiger partial charge in [-0.1, -0.05) is 55.5 Å². The van der Waals surface area contributed by atoms with Crippen molar-refractivity contribution < 1.29 is 26.9 Å². The van der Waals surface area contributed by atoms with Crippen LogP contribution in [0, 0.1) is 0 Å². The highest BCUT2D eigenvalue weighted by Gasteiger charge is 2.43. The van der Waals surface area contributed by atoms with Crippen LogP contribution >= 0.6 is 0 Å². The molecule has 0 bridgehead atoms. The summed E-state index contributed by atoms with van der Waals surface area (Å²) in [4.78, 5) is 0. The fourth-order valence-electron chi connectivity index (χ4n) is 3.25. The summed E-state index contributed by atoms with van der Waals surface area (Å²) in [6.07, 6.45) is 1.19. The van der Waals surface area contributed by atoms with Crippen LogP contribution < -0.4 is 5.01 Å². The van der Waals surface area contributed by atoms with Crippen molar-refractivity contribution in [3.63, 3.8) is 0 Å². The van der Waals surface area contributed by atoms with Crippen LogP contribution in [0.25, 0.3) is 5.70 Å². The number of likely N-dealkylation sites (N-methyl/N-ethyl adjacent to an activating group) is 1. The van der Waals surface area contributed by atoms with Crippen molar-refractivity contribution in [3.8, 4) is 0 Å². The number of ether oxygens (including phenoxy) is 1. The van der Waals surface area contributed by atoms with Crippen LogP contribution in [0.3, 0.4) is 0 Å². The van der Waals surface area contributed by atoms with E-state index in [1.165, 1.54) is 21.8 Å². The molecule has 0 fully saturated rings. The quantitative estimate of drug-likeness (QED) is 0.555. The van der Waals surface area contributed by atoms with Gasteiger partial charge >= 0.3 is 0 Å². The molecule has 8 heteroatoms. The zero-order valence-corrected chi connectivity index (χ0v) is 18.8. The van der Waals surface area contributed by atoms with Gasteiger partial charge in [0.25, 0.3) is 0 Å². The summed E-state index contributed by atoms with van der Waals surface area (Å²) in [6, 6.07) is 21.3. The summed E-state index contributed by atoms with van der Waals surface area (Å²) in [5.41, 5.74) is 3.72. The molecule has 1 aliphatic heterocycles. The number of benzene rings is 2. The number of nitrogens with zero attached hydrogens (tertiary/aromatic N) is 1. The molecule has 3 rings (SSSR count). The third-order valence-electron chi connectivity index (χ3n) is 5.06. The molecule has 2 aromatic rings. The lowest BCUT2D eigenvalue weighted by Gasteiger charge is -2.24. The smallest absolute Gasteiger partial charge is 0.217 e. The zero-order valence-electron chi connectivity index (χ0n) is 18.0. The van der Waals surface area contributed by atoms with Gasteiger partial charge < -0.3 is 9.29 Å². The number of rotatable bonds is 6. The SMILES string of the molecule is CCC(C)OC1=C(c2ccccc2)[NH+](C)N(C)C1c1ccccc1.COS(=O)(=O)[O-]. The second-order valence-corrected chi connectivity index (χ2v) is 8.18. The van der Waals surface area contributed by atoms with E-state index in [1.807, 2.05) is 0 Å². The molecular weight excluding hydrogens is 404 g/mol. The maximum Gasteiger partial charge on any atom is 0.217 e. The molecule has 0 amide bonds. The van der Waals surface area contributed by atoms with Crippen molar-refractivity contribution >= 4 is 16.1 Å². The number of hydrogen-bond donors (Lipinski definition) is 1. The highest BCUT2D eigenvalue weighted by Crippen LogP contribution is 2.35. The van der Waals surface area contributed by atoms with Gasteiger partial charge in [-0.15, -0.1) is 5.01 Å². The van der Waals surface area contributed by atoms with Crippen LogP contribution in [-0.2, 0) is 19.3 Å². The Bertz CT molecular complexity index is 933. The minimum absolute atomic E-state index is 0.135. The van der Waals surface area contributed by atoms with Crippen molar-refractivity contribution in [1.29, 1.82) is 0 Å². The summed E-state index contributed by atoms with van der Waals surface area (Å²) < 4.78 is 37.5. The first-order valence-electron chi connectivity index (χ1n) is 9.79. The van der Waals surface area contributed by atoms with Gasteiger partial charge in [0.1, 0.15) is 6.04 Å². The van der Waals surface area contributed by atoms with E-state index in [4.69, 9.17) is 4.74 Å². The highest BCUT2D eigenvalue weighted by atomic mass is 32.3.